The number of phenols is 1. The number of likely N-dealkylation sites (tertiary alicyclic amines) is 2. The number of aromatic hydroxyl groups is 1. The summed E-state index contributed by atoms with van der Waals surface area (Å²) < 4.78 is 0. The maximum Gasteiger partial charge on any atom is 0.317 e. The number of phenolic OH excluding ortho intramolecular Hbond substituents is 1. The summed E-state index contributed by atoms with van der Waals surface area (Å²) in [4.78, 5) is 18.4. The molecule has 198 valence electrons. The Hall–Kier alpha value is -1.75. The van der Waals surface area contributed by atoms with Crippen molar-refractivity contribution in [1.82, 2.24) is 15.1 Å². The van der Waals surface area contributed by atoms with Gasteiger partial charge in [0.1, 0.15) is 5.75 Å². The highest BCUT2D eigenvalue weighted by atomic mass is 16.3. The number of rotatable bonds is 5. The van der Waals surface area contributed by atoms with Crippen molar-refractivity contribution in [3.05, 3.63) is 29.3 Å². The summed E-state index contributed by atoms with van der Waals surface area (Å²) in [5.74, 6) is 2.70. The largest absolute Gasteiger partial charge is 0.508 e. The van der Waals surface area contributed by atoms with Crippen molar-refractivity contribution in [2.75, 3.05) is 26.2 Å². The number of carbonyl (C=O) groups excluding carboxylic acids is 1. The lowest BCUT2D eigenvalue weighted by Gasteiger charge is -2.61. The summed E-state index contributed by atoms with van der Waals surface area (Å²) in [6.45, 7) is 13.9. The monoisotopic (exact) mass is 493 g/mol. The van der Waals surface area contributed by atoms with Crippen LogP contribution >= 0.6 is 0 Å². The summed E-state index contributed by atoms with van der Waals surface area (Å²) in [5.41, 5.74) is 2.92. The molecule has 0 aromatic heterocycles. The Morgan fingerprint density at radius 1 is 1.19 bits per heavy atom. The van der Waals surface area contributed by atoms with Crippen molar-refractivity contribution >= 4 is 6.03 Å². The zero-order valence-electron chi connectivity index (χ0n) is 22.9. The fourth-order valence-electron chi connectivity index (χ4n) is 9.73. The lowest BCUT2D eigenvalue weighted by molar-refractivity contribution is -0.0741. The topological polar surface area (TPSA) is 55.8 Å². The highest BCUT2D eigenvalue weighted by molar-refractivity contribution is 5.74. The average Bonchev–Trinajstić information content (AvgIpc) is 3.58. The summed E-state index contributed by atoms with van der Waals surface area (Å²) in [6, 6.07) is 6.98. The number of fused-ring (bicyclic) bond motifs is 1. The van der Waals surface area contributed by atoms with Gasteiger partial charge in [-0.25, -0.2) is 4.79 Å². The van der Waals surface area contributed by atoms with Gasteiger partial charge in [-0.1, -0.05) is 26.8 Å². The third-order valence-corrected chi connectivity index (χ3v) is 11.4. The minimum atomic E-state index is -0.0180. The number of nitrogens with zero attached hydrogens (tertiary/aromatic N) is 2. The van der Waals surface area contributed by atoms with E-state index in [1.807, 2.05) is 6.07 Å². The van der Waals surface area contributed by atoms with Gasteiger partial charge in [-0.05, 0) is 111 Å². The first-order valence-electron chi connectivity index (χ1n) is 14.9. The molecule has 6 unspecified atom stereocenters. The Kier molecular flexibility index (Phi) is 6.09. The molecule has 2 amide bonds. The molecular formula is C31H47N3O2. The third-order valence-electron chi connectivity index (χ3n) is 11.4. The minimum Gasteiger partial charge on any atom is -0.508 e. The van der Waals surface area contributed by atoms with Gasteiger partial charge in [0.25, 0.3) is 0 Å². The van der Waals surface area contributed by atoms with Crippen LogP contribution in [0.3, 0.4) is 0 Å². The zero-order chi connectivity index (χ0) is 25.2. The van der Waals surface area contributed by atoms with Crippen LogP contribution in [0.1, 0.15) is 83.8 Å². The van der Waals surface area contributed by atoms with E-state index in [1.165, 1.54) is 43.4 Å². The van der Waals surface area contributed by atoms with E-state index in [0.717, 1.165) is 51.2 Å². The van der Waals surface area contributed by atoms with E-state index in [4.69, 9.17) is 0 Å². The molecule has 5 heteroatoms. The molecule has 2 aliphatic heterocycles. The van der Waals surface area contributed by atoms with Crippen LogP contribution < -0.4 is 5.32 Å². The van der Waals surface area contributed by atoms with Crippen LogP contribution in [-0.2, 0) is 11.8 Å². The molecule has 2 heterocycles. The minimum absolute atomic E-state index is 0.0180. The van der Waals surface area contributed by atoms with Crippen LogP contribution in [0.5, 0.6) is 5.75 Å². The lowest BCUT2D eigenvalue weighted by Crippen LogP contribution is -2.66. The molecule has 3 aliphatic carbocycles. The van der Waals surface area contributed by atoms with Crippen LogP contribution in [0.15, 0.2) is 18.2 Å². The van der Waals surface area contributed by atoms with E-state index in [-0.39, 0.29) is 22.9 Å². The second kappa shape index (κ2) is 8.92. The number of carbonyl (C=O) groups is 1. The first kappa shape index (κ1) is 24.6. The highest BCUT2D eigenvalue weighted by Gasteiger charge is 2.72. The molecule has 4 fully saturated rings. The Labute approximate surface area is 218 Å². The smallest absolute Gasteiger partial charge is 0.317 e. The number of hydrogen-bond acceptors (Lipinski definition) is 3. The molecule has 1 aromatic rings. The van der Waals surface area contributed by atoms with Crippen molar-refractivity contribution in [2.45, 2.75) is 96.6 Å². The van der Waals surface area contributed by atoms with E-state index < -0.39 is 0 Å². The third kappa shape index (κ3) is 3.55. The number of piperidine rings is 2. The van der Waals surface area contributed by atoms with E-state index in [1.54, 1.807) is 0 Å². The molecule has 2 N–H and O–H groups in total. The van der Waals surface area contributed by atoms with Crippen LogP contribution in [0.4, 0.5) is 4.79 Å². The Morgan fingerprint density at radius 2 is 1.94 bits per heavy atom. The summed E-state index contributed by atoms with van der Waals surface area (Å²) >= 11 is 0. The second-order valence-electron chi connectivity index (χ2n) is 13.3. The molecular weight excluding hydrogens is 446 g/mol. The van der Waals surface area contributed by atoms with Gasteiger partial charge < -0.3 is 15.3 Å². The molecule has 0 radical (unpaired) electrons. The van der Waals surface area contributed by atoms with E-state index in [0.29, 0.717) is 29.5 Å². The van der Waals surface area contributed by atoms with Gasteiger partial charge in [-0.15, -0.1) is 0 Å². The predicted octanol–water partition coefficient (Wildman–Crippen LogP) is 5.55. The van der Waals surface area contributed by atoms with Crippen LogP contribution in [-0.4, -0.2) is 59.2 Å². The molecule has 1 aromatic carbocycles. The van der Waals surface area contributed by atoms with E-state index in [2.05, 4.69) is 54.9 Å². The number of amides is 2. The molecule has 6 rings (SSSR count). The molecule has 2 saturated heterocycles. The van der Waals surface area contributed by atoms with Crippen molar-refractivity contribution in [2.24, 2.45) is 29.1 Å². The SMILES string of the molecule is CCC(NC(=O)N1CCCCC1)C1[C@@H](C)CC2(C)C(C)N(CC3CC3)CC3Cc4ccc(O)cc4C312. The molecule has 1 spiro atoms. The van der Waals surface area contributed by atoms with Crippen molar-refractivity contribution in [3.8, 4) is 5.75 Å². The van der Waals surface area contributed by atoms with Gasteiger partial charge in [-0.2, -0.15) is 0 Å². The molecule has 0 bridgehead atoms. The van der Waals surface area contributed by atoms with Crippen molar-refractivity contribution < 1.29 is 9.90 Å². The maximum atomic E-state index is 13.5. The number of urea groups is 1. The number of hydrogen-bond donors (Lipinski definition) is 2. The maximum absolute atomic E-state index is 13.5. The lowest BCUT2D eigenvalue weighted by atomic mass is 9.50. The molecule has 2 saturated carbocycles. The van der Waals surface area contributed by atoms with Gasteiger partial charge in [-0.3, -0.25) is 4.90 Å². The number of benzene rings is 1. The normalized spacial score (nSPS) is 38.8. The van der Waals surface area contributed by atoms with Gasteiger partial charge >= 0.3 is 6.03 Å². The van der Waals surface area contributed by atoms with Crippen LogP contribution in [0.25, 0.3) is 0 Å². The first-order valence-corrected chi connectivity index (χ1v) is 14.9. The summed E-state index contributed by atoms with van der Waals surface area (Å²) in [7, 11) is 0. The standard InChI is InChI=1S/C31H47N3O2/c1-5-27(32-29(36)33-13-7-6-8-14-33)28-20(2)17-30(4)21(3)34(18-22-9-10-22)19-24-15-23-11-12-25(35)16-26(23)31(24,28)30/h11-12,16,20-22,24,27-28,35H,5-10,13-15,17-19H2,1-4H3,(H,32,36)/t20-,21?,24?,27?,28?,30?,31?/m0/s1. The van der Waals surface area contributed by atoms with E-state index >= 15 is 0 Å². The average molecular weight is 494 g/mol. The first-order chi connectivity index (χ1) is 17.3. The Bertz CT molecular complexity index is 1000. The molecule has 36 heavy (non-hydrogen) atoms. The summed E-state index contributed by atoms with van der Waals surface area (Å²) in [5, 5.41) is 14.3. The number of nitrogens with one attached hydrogen (secondary N) is 1. The highest BCUT2D eigenvalue weighted by Crippen LogP contribution is 2.71. The van der Waals surface area contributed by atoms with E-state index in [9.17, 15) is 9.90 Å². The quantitative estimate of drug-likeness (QED) is 0.565. The summed E-state index contributed by atoms with van der Waals surface area (Å²) in [6.07, 6.45) is 9.49. The Balaban J connectivity index is 1.42. The Morgan fingerprint density at radius 3 is 2.64 bits per heavy atom. The van der Waals surface area contributed by atoms with Crippen LogP contribution in [0, 0.1) is 29.1 Å². The van der Waals surface area contributed by atoms with Gasteiger partial charge in [0.2, 0.25) is 0 Å². The van der Waals surface area contributed by atoms with Crippen LogP contribution in [0.2, 0.25) is 0 Å². The van der Waals surface area contributed by atoms with Crippen molar-refractivity contribution in [3.63, 3.8) is 0 Å². The van der Waals surface area contributed by atoms with Gasteiger partial charge in [0, 0.05) is 43.7 Å². The predicted molar refractivity (Wildman–Crippen MR) is 144 cm³/mol. The second-order valence-corrected chi connectivity index (χ2v) is 13.3. The van der Waals surface area contributed by atoms with Gasteiger partial charge in [0.05, 0.1) is 0 Å². The van der Waals surface area contributed by atoms with Crippen molar-refractivity contribution in [1.29, 1.82) is 0 Å². The molecule has 5 aliphatic rings. The fourth-order valence-corrected chi connectivity index (χ4v) is 9.73. The zero-order valence-corrected chi connectivity index (χ0v) is 22.9. The molecule has 5 nitrogen and oxygen atoms in total. The molecule has 7 atom stereocenters. The fraction of sp³-hybridized carbons (Fsp3) is 0.774. The van der Waals surface area contributed by atoms with Gasteiger partial charge in [0.15, 0.2) is 0 Å².